The molecule has 11 heteroatoms. The molecule has 0 aliphatic heterocycles. The van der Waals surface area contributed by atoms with Crippen LogP contribution in [-0.4, -0.2) is 45.6 Å². The molecule has 0 aliphatic rings. The van der Waals surface area contributed by atoms with Crippen molar-refractivity contribution in [3.05, 3.63) is 54.1 Å². The molecule has 0 aliphatic carbocycles. The number of thioether (sulfide) groups is 2. The monoisotopic (exact) mass is 457 g/mol. The van der Waals surface area contributed by atoms with Crippen LogP contribution in [0.25, 0.3) is 0 Å². The Bertz CT molecular complexity index is 1070. The van der Waals surface area contributed by atoms with E-state index in [0.717, 1.165) is 27.6 Å². The maximum Gasteiger partial charge on any atom is 0.264 e. The van der Waals surface area contributed by atoms with Gasteiger partial charge in [0.25, 0.3) is 5.95 Å². The van der Waals surface area contributed by atoms with E-state index < -0.39 is 0 Å². The van der Waals surface area contributed by atoms with Crippen molar-refractivity contribution in [2.24, 2.45) is 5.10 Å². The maximum atomic E-state index is 12.3. The van der Waals surface area contributed by atoms with Gasteiger partial charge in [0.2, 0.25) is 11.1 Å². The first-order chi connectivity index (χ1) is 15.0. The van der Waals surface area contributed by atoms with Crippen LogP contribution in [0.4, 0.5) is 11.6 Å². The Balaban J connectivity index is 1.57. The first-order valence-electron chi connectivity index (χ1n) is 9.22. The van der Waals surface area contributed by atoms with Gasteiger partial charge >= 0.3 is 0 Å². The standard InChI is InChI=1S/C20H23N7O2S2/c1-13(14-8-10-15(29-2)11-9-14)23-24-19-25-26-20(27(19)21)31-12-18(28)22-16-6-4-5-7-17(16)30-3/h4-11H,12,21H2,1-3H3,(H,22,28)(H,24,25)/b23-13+. The first-order valence-corrected chi connectivity index (χ1v) is 11.4. The number of aromatic nitrogens is 3. The number of carbonyl (C=O) groups excluding carboxylic acids is 1. The molecule has 3 rings (SSSR count). The number of hydrogen-bond acceptors (Lipinski definition) is 9. The van der Waals surface area contributed by atoms with E-state index in [1.807, 2.05) is 61.7 Å². The van der Waals surface area contributed by atoms with E-state index in [1.165, 1.54) is 16.4 Å². The molecule has 162 valence electrons. The second-order valence-corrected chi connectivity index (χ2v) is 8.04. The predicted octanol–water partition coefficient (Wildman–Crippen LogP) is 3.29. The van der Waals surface area contributed by atoms with Crippen LogP contribution in [0.3, 0.4) is 0 Å². The molecule has 1 aromatic heterocycles. The van der Waals surface area contributed by atoms with E-state index in [2.05, 4.69) is 26.0 Å². The zero-order valence-corrected chi connectivity index (χ0v) is 19.0. The molecule has 0 saturated carbocycles. The third-order valence-electron chi connectivity index (χ3n) is 4.21. The van der Waals surface area contributed by atoms with Crippen molar-refractivity contribution in [1.29, 1.82) is 0 Å². The lowest BCUT2D eigenvalue weighted by Crippen LogP contribution is -2.17. The summed E-state index contributed by atoms with van der Waals surface area (Å²) in [7, 11) is 1.62. The number of anilines is 2. The van der Waals surface area contributed by atoms with Crippen molar-refractivity contribution in [3.63, 3.8) is 0 Å². The summed E-state index contributed by atoms with van der Waals surface area (Å²) in [5.41, 5.74) is 5.25. The van der Waals surface area contributed by atoms with Crippen molar-refractivity contribution in [1.82, 2.24) is 14.9 Å². The van der Waals surface area contributed by atoms with Gasteiger partial charge in [-0.3, -0.25) is 4.79 Å². The van der Waals surface area contributed by atoms with Crippen LogP contribution in [0, 0.1) is 0 Å². The average Bonchev–Trinajstić information content (AvgIpc) is 3.15. The SMILES string of the molecule is COc1ccc(/C(C)=N/Nc2nnc(SCC(=O)Nc3ccccc3SC)n2N)cc1. The van der Waals surface area contributed by atoms with E-state index in [4.69, 9.17) is 10.6 Å². The number of benzene rings is 2. The molecule has 4 N–H and O–H groups in total. The summed E-state index contributed by atoms with van der Waals surface area (Å²) in [6.45, 7) is 1.86. The van der Waals surface area contributed by atoms with Crippen molar-refractivity contribution in [2.75, 3.05) is 35.7 Å². The van der Waals surface area contributed by atoms with Crippen LogP contribution in [0.2, 0.25) is 0 Å². The summed E-state index contributed by atoms with van der Waals surface area (Å²) in [4.78, 5) is 13.3. The third kappa shape index (κ3) is 5.92. The highest BCUT2D eigenvalue weighted by Crippen LogP contribution is 2.25. The summed E-state index contributed by atoms with van der Waals surface area (Å²) in [5, 5.41) is 15.6. The van der Waals surface area contributed by atoms with Gasteiger partial charge in [-0.15, -0.1) is 22.0 Å². The van der Waals surface area contributed by atoms with Gasteiger partial charge in [0.05, 0.1) is 24.3 Å². The van der Waals surface area contributed by atoms with Crippen LogP contribution in [0.5, 0.6) is 5.75 Å². The maximum absolute atomic E-state index is 12.3. The van der Waals surface area contributed by atoms with Crippen LogP contribution < -0.4 is 21.3 Å². The third-order valence-corrected chi connectivity index (χ3v) is 5.95. The fourth-order valence-electron chi connectivity index (χ4n) is 2.55. The molecule has 0 atom stereocenters. The Morgan fingerprint density at radius 2 is 1.94 bits per heavy atom. The van der Waals surface area contributed by atoms with Crippen molar-refractivity contribution < 1.29 is 9.53 Å². The Morgan fingerprint density at radius 1 is 1.19 bits per heavy atom. The second kappa shape index (κ2) is 10.7. The molecule has 0 fully saturated rings. The molecule has 31 heavy (non-hydrogen) atoms. The molecule has 0 bridgehead atoms. The van der Waals surface area contributed by atoms with Gasteiger partial charge in [-0.1, -0.05) is 23.9 Å². The second-order valence-electron chi connectivity index (χ2n) is 6.25. The lowest BCUT2D eigenvalue weighted by Gasteiger charge is -2.09. The molecule has 3 aromatic rings. The van der Waals surface area contributed by atoms with Crippen molar-refractivity contribution in [3.8, 4) is 5.75 Å². The fourth-order valence-corrected chi connectivity index (χ4v) is 3.76. The molecule has 0 spiro atoms. The van der Waals surface area contributed by atoms with E-state index in [1.54, 1.807) is 18.9 Å². The van der Waals surface area contributed by atoms with E-state index >= 15 is 0 Å². The highest BCUT2D eigenvalue weighted by molar-refractivity contribution is 7.99. The van der Waals surface area contributed by atoms with Gasteiger partial charge in [0.15, 0.2) is 0 Å². The van der Waals surface area contributed by atoms with Crippen LogP contribution in [-0.2, 0) is 4.79 Å². The number of nitrogens with one attached hydrogen (secondary N) is 2. The van der Waals surface area contributed by atoms with Gasteiger partial charge < -0.3 is 15.9 Å². The Morgan fingerprint density at radius 3 is 2.65 bits per heavy atom. The molecule has 1 heterocycles. The Labute approximate surface area is 188 Å². The molecule has 0 radical (unpaired) electrons. The number of para-hydroxylation sites is 1. The summed E-state index contributed by atoms with van der Waals surface area (Å²) in [5.74, 6) is 7.07. The van der Waals surface area contributed by atoms with Crippen LogP contribution in [0.1, 0.15) is 12.5 Å². The highest BCUT2D eigenvalue weighted by Gasteiger charge is 2.13. The Hall–Kier alpha value is -3.18. The van der Waals surface area contributed by atoms with Gasteiger partial charge in [0.1, 0.15) is 5.75 Å². The molecule has 2 aromatic carbocycles. The Kier molecular flexibility index (Phi) is 7.79. The normalized spacial score (nSPS) is 11.3. The van der Waals surface area contributed by atoms with Gasteiger partial charge in [-0.25, -0.2) is 10.1 Å². The number of amides is 1. The number of nitrogens with two attached hydrogens (primary N) is 1. The number of carbonyl (C=O) groups is 1. The molecule has 1 amide bonds. The first kappa shape index (κ1) is 22.5. The number of nitrogens with zero attached hydrogens (tertiary/aromatic N) is 4. The number of nitrogen functional groups attached to an aromatic ring is 1. The van der Waals surface area contributed by atoms with Gasteiger partial charge in [-0.05, 0) is 55.1 Å². The molecule has 0 unspecified atom stereocenters. The number of rotatable bonds is 9. The van der Waals surface area contributed by atoms with Crippen molar-refractivity contribution >= 4 is 46.8 Å². The summed E-state index contributed by atoms with van der Waals surface area (Å²) in [6.07, 6.45) is 1.96. The molecular weight excluding hydrogens is 434 g/mol. The van der Waals surface area contributed by atoms with Crippen molar-refractivity contribution in [2.45, 2.75) is 17.0 Å². The lowest BCUT2D eigenvalue weighted by molar-refractivity contribution is -0.113. The number of hydrogen-bond donors (Lipinski definition) is 3. The number of methoxy groups -OCH3 is 1. The van der Waals surface area contributed by atoms with Crippen LogP contribution in [0.15, 0.2) is 63.7 Å². The molecule has 0 saturated heterocycles. The molecule has 9 nitrogen and oxygen atoms in total. The quantitative estimate of drug-likeness (QED) is 0.194. The lowest BCUT2D eigenvalue weighted by atomic mass is 10.1. The smallest absolute Gasteiger partial charge is 0.264 e. The predicted molar refractivity (Wildman–Crippen MR) is 127 cm³/mol. The summed E-state index contributed by atoms with van der Waals surface area (Å²) < 4.78 is 6.42. The number of ether oxygens (including phenoxy) is 1. The average molecular weight is 458 g/mol. The zero-order valence-electron chi connectivity index (χ0n) is 17.3. The summed E-state index contributed by atoms with van der Waals surface area (Å²) >= 11 is 2.76. The largest absolute Gasteiger partial charge is 0.497 e. The fraction of sp³-hybridized carbons (Fsp3) is 0.200. The minimum Gasteiger partial charge on any atom is -0.497 e. The highest BCUT2D eigenvalue weighted by atomic mass is 32.2. The van der Waals surface area contributed by atoms with Gasteiger partial charge in [0, 0.05) is 4.90 Å². The molecular formula is C20H23N7O2S2. The zero-order chi connectivity index (χ0) is 22.2. The minimum absolute atomic E-state index is 0.145. The summed E-state index contributed by atoms with van der Waals surface area (Å²) in [6, 6.07) is 15.2. The topological polar surface area (TPSA) is 119 Å². The van der Waals surface area contributed by atoms with E-state index in [-0.39, 0.29) is 17.6 Å². The number of hydrazone groups is 1. The van der Waals surface area contributed by atoms with E-state index in [9.17, 15) is 4.79 Å². The minimum atomic E-state index is -0.155. The van der Waals surface area contributed by atoms with Gasteiger partial charge in [-0.2, -0.15) is 5.10 Å². The van der Waals surface area contributed by atoms with E-state index in [0.29, 0.717) is 5.16 Å². The van der Waals surface area contributed by atoms with Crippen LogP contribution >= 0.6 is 23.5 Å².